The number of nitrogens with zero attached hydrogens (tertiary/aromatic N) is 1. The van der Waals surface area contributed by atoms with E-state index in [0.717, 1.165) is 27.3 Å². The average molecular weight is 340 g/mol. The van der Waals surface area contributed by atoms with Crippen molar-refractivity contribution in [2.75, 3.05) is 6.54 Å². The lowest BCUT2D eigenvalue weighted by atomic mass is 9.92. The molecule has 0 bridgehead atoms. The Morgan fingerprint density at radius 3 is 2.79 bits per heavy atom. The lowest BCUT2D eigenvalue weighted by molar-refractivity contribution is -0.131. The van der Waals surface area contributed by atoms with Crippen molar-refractivity contribution in [3.63, 3.8) is 0 Å². The van der Waals surface area contributed by atoms with Gasteiger partial charge in [-0.05, 0) is 43.0 Å². The van der Waals surface area contributed by atoms with Gasteiger partial charge in [0.15, 0.2) is 5.78 Å². The highest BCUT2D eigenvalue weighted by Gasteiger charge is 2.55. The summed E-state index contributed by atoms with van der Waals surface area (Å²) in [7, 11) is 0. The molecule has 24 heavy (non-hydrogen) atoms. The maximum absolute atomic E-state index is 13.0. The first kappa shape index (κ1) is 15.1. The fourth-order valence-electron chi connectivity index (χ4n) is 3.54. The van der Waals surface area contributed by atoms with Crippen LogP contribution in [0.5, 0.6) is 0 Å². The summed E-state index contributed by atoms with van der Waals surface area (Å²) in [4.78, 5) is 40.4. The van der Waals surface area contributed by atoms with Crippen molar-refractivity contribution in [1.29, 1.82) is 0 Å². The number of hydrogen-bond acceptors (Lipinski definition) is 4. The molecule has 5 nitrogen and oxygen atoms in total. The molecule has 2 aromatic rings. The summed E-state index contributed by atoms with van der Waals surface area (Å²) in [6.07, 6.45) is 1.29. The molecule has 0 saturated carbocycles. The van der Waals surface area contributed by atoms with Crippen molar-refractivity contribution >= 4 is 29.1 Å². The van der Waals surface area contributed by atoms with Gasteiger partial charge in [0.2, 0.25) is 0 Å². The Labute approximate surface area is 143 Å². The number of Topliss-reactive ketones (excluding diaryl/α,β-unsaturated/α-hetero) is 1. The van der Waals surface area contributed by atoms with Gasteiger partial charge in [0, 0.05) is 4.88 Å². The summed E-state index contributed by atoms with van der Waals surface area (Å²) in [6, 6.07) is 10.8. The number of hydrogen-bond donors (Lipinski definition) is 1. The Hall–Kier alpha value is -2.47. The van der Waals surface area contributed by atoms with Crippen LogP contribution in [0, 0.1) is 6.92 Å². The fraction of sp³-hybridized carbons (Fsp3) is 0.278. The van der Waals surface area contributed by atoms with Crippen LogP contribution >= 0.6 is 11.3 Å². The number of amides is 3. The number of nitrogens with one attached hydrogen (secondary N) is 1. The molecule has 1 aliphatic heterocycles. The molecule has 4 rings (SSSR count). The molecule has 122 valence electrons. The van der Waals surface area contributed by atoms with Gasteiger partial charge >= 0.3 is 6.03 Å². The van der Waals surface area contributed by atoms with Gasteiger partial charge in [0.05, 0.1) is 11.4 Å². The summed E-state index contributed by atoms with van der Waals surface area (Å²) < 4.78 is 0. The first-order chi connectivity index (χ1) is 11.5. The second-order valence-electron chi connectivity index (χ2n) is 6.22. The van der Waals surface area contributed by atoms with Gasteiger partial charge in [-0.1, -0.05) is 24.3 Å². The van der Waals surface area contributed by atoms with Crippen molar-refractivity contribution in [2.45, 2.75) is 25.3 Å². The number of aryl methyl sites for hydroxylation is 2. The highest BCUT2D eigenvalue weighted by atomic mass is 32.1. The number of imide groups is 1. The van der Waals surface area contributed by atoms with E-state index in [0.29, 0.717) is 11.3 Å². The smallest absolute Gasteiger partial charge is 0.319 e. The molecule has 2 heterocycles. The van der Waals surface area contributed by atoms with Crippen LogP contribution in [0.25, 0.3) is 0 Å². The average Bonchev–Trinajstić information content (AvgIpc) is 3.22. The van der Waals surface area contributed by atoms with Crippen LogP contribution in [-0.2, 0) is 16.8 Å². The zero-order chi connectivity index (χ0) is 16.9. The van der Waals surface area contributed by atoms with Crippen LogP contribution in [0.2, 0.25) is 0 Å². The first-order valence-electron chi connectivity index (χ1n) is 7.83. The van der Waals surface area contributed by atoms with Crippen LogP contribution < -0.4 is 5.32 Å². The SMILES string of the molecule is Cc1ccc(C(=O)CN2C(=O)N[C@@]3(CCc4ccccc43)C2=O)s1. The predicted molar refractivity (Wildman–Crippen MR) is 90.1 cm³/mol. The van der Waals surface area contributed by atoms with E-state index in [2.05, 4.69) is 5.32 Å². The standard InChI is InChI=1S/C18H16N2O3S/c1-11-6-7-15(24-11)14(21)10-20-16(22)18(19-17(20)23)9-8-12-4-2-3-5-13(12)18/h2-7H,8-10H2,1H3,(H,19,23)/t18-/m1/s1. The quantitative estimate of drug-likeness (QED) is 0.690. The Bertz CT molecular complexity index is 873. The minimum absolute atomic E-state index is 0.208. The molecule has 3 amide bonds. The second kappa shape index (κ2) is 5.27. The highest BCUT2D eigenvalue weighted by Crippen LogP contribution is 2.41. The minimum Gasteiger partial charge on any atom is -0.319 e. The first-order valence-corrected chi connectivity index (χ1v) is 8.65. The van der Waals surface area contributed by atoms with E-state index in [-0.39, 0.29) is 18.2 Å². The number of carbonyl (C=O) groups is 3. The highest BCUT2D eigenvalue weighted by molar-refractivity contribution is 7.14. The number of ketones is 1. The lowest BCUT2D eigenvalue weighted by Gasteiger charge is -2.22. The maximum atomic E-state index is 13.0. The minimum atomic E-state index is -1.00. The third kappa shape index (κ3) is 2.10. The largest absolute Gasteiger partial charge is 0.325 e. The second-order valence-corrected chi connectivity index (χ2v) is 7.51. The van der Waals surface area contributed by atoms with Crippen LogP contribution in [-0.4, -0.2) is 29.2 Å². The predicted octanol–water partition coefficient (Wildman–Crippen LogP) is 2.63. The van der Waals surface area contributed by atoms with Crippen LogP contribution in [0.3, 0.4) is 0 Å². The lowest BCUT2D eigenvalue weighted by Crippen LogP contribution is -2.42. The Balaban J connectivity index is 1.62. The van der Waals surface area contributed by atoms with Crippen molar-refractivity contribution < 1.29 is 14.4 Å². The summed E-state index contributed by atoms with van der Waals surface area (Å²) in [5, 5.41) is 2.84. The van der Waals surface area contributed by atoms with Gasteiger partial charge in [0.25, 0.3) is 5.91 Å². The van der Waals surface area contributed by atoms with Gasteiger partial charge in [-0.15, -0.1) is 11.3 Å². The van der Waals surface area contributed by atoms with E-state index in [1.165, 1.54) is 11.3 Å². The zero-order valence-corrected chi connectivity index (χ0v) is 14.0. The third-order valence-corrected chi connectivity index (χ3v) is 5.78. The number of thiophene rings is 1. The fourth-order valence-corrected chi connectivity index (χ4v) is 4.34. The summed E-state index contributed by atoms with van der Waals surface area (Å²) >= 11 is 1.37. The molecule has 1 aromatic heterocycles. The summed E-state index contributed by atoms with van der Waals surface area (Å²) in [5.41, 5.74) is 0.928. The van der Waals surface area contributed by atoms with Crippen molar-refractivity contribution in [2.24, 2.45) is 0 Å². The molecule has 2 aliphatic rings. The van der Waals surface area contributed by atoms with Gasteiger partial charge in [-0.25, -0.2) is 4.79 Å². The van der Waals surface area contributed by atoms with Crippen LogP contribution in [0.15, 0.2) is 36.4 Å². The third-order valence-electron chi connectivity index (χ3n) is 4.74. The maximum Gasteiger partial charge on any atom is 0.325 e. The van der Waals surface area contributed by atoms with E-state index in [1.54, 1.807) is 6.07 Å². The summed E-state index contributed by atoms with van der Waals surface area (Å²) in [5.74, 6) is -0.529. The van der Waals surface area contributed by atoms with Crippen molar-refractivity contribution in [3.8, 4) is 0 Å². The molecule has 6 heteroatoms. The Kier molecular flexibility index (Phi) is 3.31. The molecule has 0 radical (unpaired) electrons. The van der Waals surface area contributed by atoms with Gasteiger partial charge in [-0.2, -0.15) is 0 Å². The number of rotatable bonds is 3. The van der Waals surface area contributed by atoms with E-state index in [9.17, 15) is 14.4 Å². The van der Waals surface area contributed by atoms with E-state index < -0.39 is 11.6 Å². The zero-order valence-electron chi connectivity index (χ0n) is 13.2. The molecule has 1 aliphatic carbocycles. The van der Waals surface area contributed by atoms with Gasteiger partial charge < -0.3 is 5.32 Å². The molecule has 1 fully saturated rings. The van der Waals surface area contributed by atoms with Crippen molar-refractivity contribution in [3.05, 3.63) is 57.3 Å². The number of urea groups is 1. The van der Waals surface area contributed by atoms with Crippen LogP contribution in [0.1, 0.15) is 32.1 Å². The van der Waals surface area contributed by atoms with E-state index in [4.69, 9.17) is 0 Å². The molecule has 1 saturated heterocycles. The van der Waals surface area contributed by atoms with Gasteiger partial charge in [0.1, 0.15) is 5.54 Å². The van der Waals surface area contributed by atoms with E-state index >= 15 is 0 Å². The Morgan fingerprint density at radius 2 is 2.04 bits per heavy atom. The monoisotopic (exact) mass is 340 g/mol. The van der Waals surface area contributed by atoms with E-state index in [1.807, 2.05) is 37.3 Å². The van der Waals surface area contributed by atoms with Crippen LogP contribution in [0.4, 0.5) is 4.79 Å². The topological polar surface area (TPSA) is 66.5 Å². The molecule has 1 N–H and O–H groups in total. The number of carbonyl (C=O) groups excluding carboxylic acids is 3. The normalized spacial score (nSPS) is 22.1. The number of fused-ring (bicyclic) bond motifs is 2. The number of benzene rings is 1. The molecular formula is C18H16N2O3S. The summed E-state index contributed by atoms with van der Waals surface area (Å²) in [6.45, 7) is 1.70. The molecule has 1 atom stereocenters. The van der Waals surface area contributed by atoms with Gasteiger partial charge in [-0.3, -0.25) is 14.5 Å². The molecule has 1 spiro atoms. The van der Waals surface area contributed by atoms with Crippen molar-refractivity contribution in [1.82, 2.24) is 10.2 Å². The Morgan fingerprint density at radius 1 is 1.25 bits per heavy atom. The molecule has 1 aromatic carbocycles. The molecule has 0 unspecified atom stereocenters. The molecular weight excluding hydrogens is 324 g/mol.